The van der Waals surface area contributed by atoms with Gasteiger partial charge in [0.05, 0.1) is 13.0 Å². The first-order valence-corrected chi connectivity index (χ1v) is 7.23. The molecule has 0 heterocycles. The van der Waals surface area contributed by atoms with Gasteiger partial charge in [0.25, 0.3) is 0 Å². The Hall–Kier alpha value is -0.720. The van der Waals surface area contributed by atoms with Crippen molar-refractivity contribution in [1.29, 1.82) is 0 Å². The standard InChI is InChI=1S/C12H18Cl3NO5/c1-11(2,3)21-10(19)16-6-8(17)4-5-9(18)20-7-12(13,14)15/h4-7H2,1-3H3,(H,16,19). The number of carbonyl (C=O) groups is 3. The number of esters is 1. The molecule has 0 aliphatic heterocycles. The molecule has 0 radical (unpaired) electrons. The van der Waals surface area contributed by atoms with Gasteiger partial charge in [-0.05, 0) is 20.8 Å². The van der Waals surface area contributed by atoms with Crippen molar-refractivity contribution in [3.8, 4) is 0 Å². The summed E-state index contributed by atoms with van der Waals surface area (Å²) >= 11 is 16.2. The smallest absolute Gasteiger partial charge is 0.408 e. The average molecular weight is 363 g/mol. The lowest BCUT2D eigenvalue weighted by molar-refractivity contribution is -0.144. The molecule has 1 N–H and O–H groups in total. The molecule has 0 aromatic heterocycles. The monoisotopic (exact) mass is 361 g/mol. The summed E-state index contributed by atoms with van der Waals surface area (Å²) in [6, 6.07) is 0. The van der Waals surface area contributed by atoms with Gasteiger partial charge in [-0.1, -0.05) is 34.8 Å². The van der Waals surface area contributed by atoms with Crippen LogP contribution in [0.4, 0.5) is 4.79 Å². The van der Waals surface area contributed by atoms with Gasteiger partial charge < -0.3 is 14.8 Å². The van der Waals surface area contributed by atoms with Gasteiger partial charge in [0, 0.05) is 6.42 Å². The lowest BCUT2D eigenvalue weighted by atomic mass is 10.2. The second-order valence-electron chi connectivity index (χ2n) is 5.17. The normalized spacial score (nSPS) is 11.7. The topological polar surface area (TPSA) is 81.7 Å². The highest BCUT2D eigenvalue weighted by molar-refractivity contribution is 6.67. The van der Waals surface area contributed by atoms with Crippen LogP contribution in [0, 0.1) is 0 Å². The molecule has 1 amide bonds. The zero-order chi connectivity index (χ0) is 16.7. The van der Waals surface area contributed by atoms with Crippen LogP contribution < -0.4 is 5.32 Å². The number of amides is 1. The minimum atomic E-state index is -1.68. The third kappa shape index (κ3) is 14.0. The molecular formula is C12H18Cl3NO5. The van der Waals surface area contributed by atoms with Crippen LogP contribution in [-0.2, 0) is 19.1 Å². The first kappa shape index (κ1) is 20.3. The zero-order valence-electron chi connectivity index (χ0n) is 12.0. The Balaban J connectivity index is 3.86. The van der Waals surface area contributed by atoms with Crippen molar-refractivity contribution in [3.63, 3.8) is 0 Å². The van der Waals surface area contributed by atoms with E-state index in [9.17, 15) is 14.4 Å². The van der Waals surface area contributed by atoms with Gasteiger partial charge in [-0.25, -0.2) is 4.79 Å². The van der Waals surface area contributed by atoms with Crippen LogP contribution in [0.3, 0.4) is 0 Å². The van der Waals surface area contributed by atoms with E-state index in [1.165, 1.54) is 0 Å². The van der Waals surface area contributed by atoms with E-state index >= 15 is 0 Å². The highest BCUT2D eigenvalue weighted by Gasteiger charge is 2.22. The largest absolute Gasteiger partial charge is 0.461 e. The molecule has 0 aromatic rings. The van der Waals surface area contributed by atoms with E-state index in [1.807, 2.05) is 0 Å². The van der Waals surface area contributed by atoms with Gasteiger partial charge in [0.2, 0.25) is 3.79 Å². The summed E-state index contributed by atoms with van der Waals surface area (Å²) in [5, 5.41) is 2.29. The molecule has 0 unspecified atom stereocenters. The molecule has 0 fully saturated rings. The fourth-order valence-corrected chi connectivity index (χ4v) is 1.21. The van der Waals surface area contributed by atoms with Crippen LogP contribution in [0.25, 0.3) is 0 Å². The molecule has 0 spiro atoms. The van der Waals surface area contributed by atoms with Crippen LogP contribution in [-0.4, -0.2) is 40.4 Å². The number of ketones is 1. The zero-order valence-corrected chi connectivity index (χ0v) is 14.3. The van der Waals surface area contributed by atoms with Crippen molar-refractivity contribution < 1.29 is 23.9 Å². The van der Waals surface area contributed by atoms with Crippen molar-refractivity contribution in [3.05, 3.63) is 0 Å². The summed E-state index contributed by atoms with van der Waals surface area (Å²) in [6.07, 6.45) is -0.945. The average Bonchev–Trinajstić information content (AvgIpc) is 2.28. The highest BCUT2D eigenvalue weighted by atomic mass is 35.6. The van der Waals surface area contributed by atoms with E-state index in [2.05, 4.69) is 10.1 Å². The molecule has 122 valence electrons. The van der Waals surface area contributed by atoms with Crippen molar-refractivity contribution in [2.45, 2.75) is 43.0 Å². The minimum absolute atomic E-state index is 0.0888. The maximum absolute atomic E-state index is 11.5. The van der Waals surface area contributed by atoms with Crippen molar-refractivity contribution in [2.75, 3.05) is 13.2 Å². The van der Waals surface area contributed by atoms with Crippen LogP contribution in [0.5, 0.6) is 0 Å². The van der Waals surface area contributed by atoms with Crippen LogP contribution in [0.15, 0.2) is 0 Å². The summed E-state index contributed by atoms with van der Waals surface area (Å²) in [5.74, 6) is -1.00. The molecule has 0 aromatic carbocycles. The number of rotatable bonds is 6. The number of nitrogens with one attached hydrogen (secondary N) is 1. The minimum Gasteiger partial charge on any atom is -0.461 e. The third-order valence-electron chi connectivity index (χ3n) is 1.83. The number of Topliss-reactive ketones (excluding diaryl/α,β-unsaturated/α-hetero) is 1. The molecule has 0 aliphatic carbocycles. The fraction of sp³-hybridized carbons (Fsp3) is 0.750. The van der Waals surface area contributed by atoms with E-state index in [0.29, 0.717) is 0 Å². The lowest BCUT2D eigenvalue weighted by Crippen LogP contribution is -2.35. The van der Waals surface area contributed by atoms with E-state index in [1.54, 1.807) is 20.8 Å². The number of carbonyl (C=O) groups excluding carboxylic acids is 3. The first-order chi connectivity index (χ1) is 9.39. The quantitative estimate of drug-likeness (QED) is 0.580. The van der Waals surface area contributed by atoms with Gasteiger partial charge >= 0.3 is 12.1 Å². The lowest BCUT2D eigenvalue weighted by Gasteiger charge is -2.19. The van der Waals surface area contributed by atoms with Gasteiger partial charge in [0.1, 0.15) is 12.2 Å². The van der Waals surface area contributed by atoms with Crippen molar-refractivity contribution in [2.24, 2.45) is 0 Å². The summed E-state index contributed by atoms with van der Waals surface area (Å²) in [5.41, 5.74) is -0.645. The molecule has 6 nitrogen and oxygen atoms in total. The Bertz CT molecular complexity index is 387. The molecule has 0 saturated carbocycles. The predicted octanol–water partition coefficient (Wildman–Crippen LogP) is 2.77. The van der Waals surface area contributed by atoms with E-state index in [-0.39, 0.29) is 31.8 Å². The molecule has 0 atom stereocenters. The Morgan fingerprint density at radius 3 is 2.10 bits per heavy atom. The molecule has 0 rings (SSSR count). The Morgan fingerprint density at radius 2 is 1.62 bits per heavy atom. The summed E-state index contributed by atoms with van der Waals surface area (Å²) in [7, 11) is 0. The van der Waals surface area contributed by atoms with Gasteiger partial charge in [-0.2, -0.15) is 0 Å². The molecule has 9 heteroatoms. The molecular weight excluding hydrogens is 344 g/mol. The van der Waals surface area contributed by atoms with E-state index in [0.717, 1.165) is 0 Å². The van der Waals surface area contributed by atoms with Crippen LogP contribution in [0.1, 0.15) is 33.6 Å². The number of halogens is 3. The van der Waals surface area contributed by atoms with E-state index in [4.69, 9.17) is 39.5 Å². The number of hydrogen-bond donors (Lipinski definition) is 1. The predicted molar refractivity (Wildman–Crippen MR) is 79.7 cm³/mol. The number of alkyl halides is 3. The Labute approximate surface area is 138 Å². The summed E-state index contributed by atoms with van der Waals surface area (Å²) in [4.78, 5) is 34.0. The van der Waals surface area contributed by atoms with Gasteiger partial charge in [0.15, 0.2) is 5.78 Å². The van der Waals surface area contributed by atoms with Crippen molar-refractivity contribution >= 4 is 52.6 Å². The summed E-state index contributed by atoms with van der Waals surface area (Å²) in [6.45, 7) is 4.49. The third-order valence-corrected chi connectivity index (χ3v) is 2.16. The maximum atomic E-state index is 11.5. The van der Waals surface area contributed by atoms with Gasteiger partial charge in [-0.15, -0.1) is 0 Å². The number of hydrogen-bond acceptors (Lipinski definition) is 5. The second kappa shape index (κ2) is 8.66. The molecule has 0 saturated heterocycles. The van der Waals surface area contributed by atoms with Crippen molar-refractivity contribution in [1.82, 2.24) is 5.32 Å². The fourth-order valence-electron chi connectivity index (χ4n) is 1.05. The molecule has 0 aliphatic rings. The molecule has 21 heavy (non-hydrogen) atoms. The van der Waals surface area contributed by atoms with Crippen LogP contribution >= 0.6 is 34.8 Å². The Morgan fingerprint density at radius 1 is 1.05 bits per heavy atom. The molecule has 0 bridgehead atoms. The number of alkyl carbamates (subject to hydrolysis) is 1. The van der Waals surface area contributed by atoms with Gasteiger partial charge in [-0.3, -0.25) is 9.59 Å². The van der Waals surface area contributed by atoms with Crippen LogP contribution in [0.2, 0.25) is 0 Å². The van der Waals surface area contributed by atoms with E-state index < -0.39 is 21.5 Å². The maximum Gasteiger partial charge on any atom is 0.408 e. The second-order valence-corrected chi connectivity index (χ2v) is 7.69. The summed E-state index contributed by atoms with van der Waals surface area (Å²) < 4.78 is 7.92. The SMILES string of the molecule is CC(C)(C)OC(=O)NCC(=O)CCC(=O)OCC(Cl)(Cl)Cl. The highest BCUT2D eigenvalue weighted by Crippen LogP contribution is 2.26. The number of ether oxygens (including phenoxy) is 2. The Kier molecular flexibility index (Phi) is 8.36. The first-order valence-electron chi connectivity index (χ1n) is 6.10.